The van der Waals surface area contributed by atoms with Crippen LogP contribution in [0.2, 0.25) is 0 Å². The van der Waals surface area contributed by atoms with Gasteiger partial charge in [-0.05, 0) is 96.8 Å². The quantitative estimate of drug-likeness (QED) is 0.112. The molecule has 1 fully saturated rings. The van der Waals surface area contributed by atoms with Gasteiger partial charge in [-0.2, -0.15) is 0 Å². The first-order chi connectivity index (χ1) is 24.0. The van der Waals surface area contributed by atoms with Gasteiger partial charge in [-0.15, -0.1) is 0 Å². The third-order valence-corrected chi connectivity index (χ3v) is 10.6. The van der Waals surface area contributed by atoms with Crippen LogP contribution in [-0.4, -0.2) is 38.0 Å². The van der Waals surface area contributed by atoms with E-state index in [1.807, 2.05) is 31.2 Å². The number of para-hydroxylation sites is 1. The van der Waals surface area contributed by atoms with Crippen LogP contribution >= 0.6 is 0 Å². The van der Waals surface area contributed by atoms with Gasteiger partial charge < -0.3 is 15.7 Å². The smallest absolute Gasteiger partial charge is 0.326 e. The fourth-order valence-electron chi connectivity index (χ4n) is 6.26. The third kappa shape index (κ3) is 9.29. The molecular weight excluding hydrogens is 653 g/mol. The van der Waals surface area contributed by atoms with Crippen LogP contribution in [0.3, 0.4) is 0 Å². The van der Waals surface area contributed by atoms with Crippen molar-refractivity contribution in [3.63, 3.8) is 0 Å². The molecule has 10 nitrogen and oxygen atoms in total. The topological polar surface area (TPSA) is 145 Å². The molecule has 50 heavy (non-hydrogen) atoms. The van der Waals surface area contributed by atoms with E-state index >= 15 is 0 Å². The Labute approximate surface area is 294 Å². The maximum absolute atomic E-state index is 14.0. The Hall–Kier alpha value is -5.16. The number of carboxylic acid groups (broad SMARTS) is 1. The molecule has 4 aromatic carbocycles. The SMILES string of the molecule is CCc1ccccc1NS(=O)(=O)c1cc(NC(=O)N(Cc2ccc(C(=O)NCCC(=O)O)cc2)c2ccc(C3CCCCC3)cc2)ccc1C. The van der Waals surface area contributed by atoms with Crippen LogP contribution in [0, 0.1) is 6.92 Å². The molecule has 4 aromatic rings. The summed E-state index contributed by atoms with van der Waals surface area (Å²) < 4.78 is 29.8. The fourth-order valence-corrected chi connectivity index (χ4v) is 7.63. The van der Waals surface area contributed by atoms with E-state index in [9.17, 15) is 22.8 Å². The van der Waals surface area contributed by atoms with Gasteiger partial charge >= 0.3 is 12.0 Å². The number of carboxylic acids is 1. The van der Waals surface area contributed by atoms with E-state index < -0.39 is 22.0 Å². The van der Waals surface area contributed by atoms with E-state index in [4.69, 9.17) is 5.11 Å². The summed E-state index contributed by atoms with van der Waals surface area (Å²) in [5, 5.41) is 14.3. The molecule has 0 atom stereocenters. The predicted molar refractivity (Wildman–Crippen MR) is 196 cm³/mol. The van der Waals surface area contributed by atoms with Crippen LogP contribution in [0.4, 0.5) is 21.9 Å². The summed E-state index contributed by atoms with van der Waals surface area (Å²) in [7, 11) is -3.97. The highest BCUT2D eigenvalue weighted by Gasteiger charge is 2.22. The van der Waals surface area contributed by atoms with Gasteiger partial charge in [0.15, 0.2) is 0 Å². The summed E-state index contributed by atoms with van der Waals surface area (Å²) in [6.07, 6.45) is 6.47. The number of carbonyl (C=O) groups is 3. The van der Waals surface area contributed by atoms with Gasteiger partial charge in [0.1, 0.15) is 0 Å². The minimum atomic E-state index is -3.97. The lowest BCUT2D eigenvalue weighted by Crippen LogP contribution is -2.34. The number of aliphatic carboxylic acids is 1. The number of urea groups is 1. The summed E-state index contributed by atoms with van der Waals surface area (Å²) in [6, 6.07) is 26.4. The molecular formula is C39H44N4O6S. The van der Waals surface area contributed by atoms with E-state index in [0.717, 1.165) is 24.0 Å². The van der Waals surface area contributed by atoms with Crippen LogP contribution in [0.5, 0.6) is 0 Å². The van der Waals surface area contributed by atoms with Crippen molar-refractivity contribution >= 4 is 45.0 Å². The van der Waals surface area contributed by atoms with Crippen LogP contribution in [-0.2, 0) is 27.8 Å². The molecule has 1 saturated carbocycles. The number of anilines is 3. The molecule has 0 unspecified atom stereocenters. The van der Waals surface area contributed by atoms with Crippen LogP contribution in [0.1, 0.15) is 84.0 Å². The van der Waals surface area contributed by atoms with Gasteiger partial charge in [0.2, 0.25) is 0 Å². The van der Waals surface area contributed by atoms with Crippen molar-refractivity contribution in [3.05, 3.63) is 119 Å². The lowest BCUT2D eigenvalue weighted by Gasteiger charge is -2.26. The fraction of sp³-hybridized carbons (Fsp3) is 0.308. The van der Waals surface area contributed by atoms with Crippen molar-refractivity contribution in [3.8, 4) is 0 Å². The number of sulfonamides is 1. The normalized spacial score (nSPS) is 13.3. The van der Waals surface area contributed by atoms with Gasteiger partial charge in [-0.3, -0.25) is 19.2 Å². The largest absolute Gasteiger partial charge is 0.481 e. The van der Waals surface area contributed by atoms with Gasteiger partial charge in [0.25, 0.3) is 15.9 Å². The zero-order valence-electron chi connectivity index (χ0n) is 28.4. The third-order valence-electron chi connectivity index (χ3n) is 9.08. The van der Waals surface area contributed by atoms with Crippen LogP contribution in [0.25, 0.3) is 0 Å². The first-order valence-electron chi connectivity index (χ1n) is 17.0. The number of amides is 3. The molecule has 0 aliphatic heterocycles. The molecule has 0 saturated heterocycles. The zero-order valence-corrected chi connectivity index (χ0v) is 29.3. The lowest BCUT2D eigenvalue weighted by atomic mass is 9.84. The number of aryl methyl sites for hydroxylation is 2. The predicted octanol–water partition coefficient (Wildman–Crippen LogP) is 7.85. The van der Waals surface area contributed by atoms with Crippen molar-refractivity contribution in [2.45, 2.75) is 76.2 Å². The van der Waals surface area contributed by atoms with E-state index in [1.54, 1.807) is 60.4 Å². The molecule has 262 valence electrons. The Balaban J connectivity index is 1.38. The van der Waals surface area contributed by atoms with Gasteiger partial charge in [-0.1, -0.05) is 74.7 Å². The Kier molecular flexibility index (Phi) is 11.9. The van der Waals surface area contributed by atoms with E-state index in [-0.39, 0.29) is 30.3 Å². The highest BCUT2D eigenvalue weighted by molar-refractivity contribution is 7.92. The van der Waals surface area contributed by atoms with Crippen molar-refractivity contribution < 1.29 is 27.9 Å². The zero-order chi connectivity index (χ0) is 35.7. The van der Waals surface area contributed by atoms with E-state index in [2.05, 4.69) is 27.5 Å². The van der Waals surface area contributed by atoms with Crippen molar-refractivity contribution in [1.29, 1.82) is 0 Å². The van der Waals surface area contributed by atoms with Gasteiger partial charge in [-0.25, -0.2) is 13.2 Å². The lowest BCUT2D eigenvalue weighted by molar-refractivity contribution is -0.136. The molecule has 4 N–H and O–H groups in total. The molecule has 1 aliphatic carbocycles. The summed E-state index contributed by atoms with van der Waals surface area (Å²) in [5.41, 5.74) is 5.27. The molecule has 0 aromatic heterocycles. The Bertz CT molecular complexity index is 1920. The second-order valence-electron chi connectivity index (χ2n) is 12.6. The van der Waals surface area contributed by atoms with Crippen molar-refractivity contribution in [2.24, 2.45) is 0 Å². The number of hydrogen-bond acceptors (Lipinski definition) is 5. The number of hydrogen-bond donors (Lipinski definition) is 4. The average molecular weight is 697 g/mol. The molecule has 11 heteroatoms. The molecule has 1 aliphatic rings. The second-order valence-corrected chi connectivity index (χ2v) is 14.3. The second kappa shape index (κ2) is 16.5. The Morgan fingerprint density at radius 1 is 0.880 bits per heavy atom. The number of carbonyl (C=O) groups excluding carboxylic acids is 2. The Morgan fingerprint density at radius 2 is 1.58 bits per heavy atom. The number of rotatable bonds is 13. The summed E-state index contributed by atoms with van der Waals surface area (Å²) in [6.45, 7) is 3.86. The van der Waals surface area contributed by atoms with Crippen molar-refractivity contribution in [2.75, 3.05) is 21.5 Å². The summed E-state index contributed by atoms with van der Waals surface area (Å²) >= 11 is 0. The molecule has 0 radical (unpaired) electrons. The van der Waals surface area contributed by atoms with E-state index in [1.165, 1.54) is 30.9 Å². The maximum atomic E-state index is 14.0. The first-order valence-corrected chi connectivity index (χ1v) is 18.5. The number of nitrogens with one attached hydrogen (secondary N) is 3. The van der Waals surface area contributed by atoms with E-state index in [0.29, 0.717) is 40.5 Å². The highest BCUT2D eigenvalue weighted by Crippen LogP contribution is 2.34. The number of nitrogens with zero attached hydrogens (tertiary/aromatic N) is 1. The first kappa shape index (κ1) is 36.1. The Morgan fingerprint density at radius 3 is 2.26 bits per heavy atom. The average Bonchev–Trinajstić information content (AvgIpc) is 3.12. The standard InChI is InChI=1S/C39H44N4O6S/c1-3-29-9-7-8-12-35(29)42-50(48,49)36-25-33(20-13-27(36)2)41-39(47)43(34-21-18-31(19-22-34)30-10-5-4-6-11-30)26-28-14-16-32(17-15-28)38(46)40-24-23-37(44)45/h7-9,12-22,25,30,42H,3-6,10-11,23-24,26H2,1-2H3,(H,40,46)(H,41,47)(H,44,45). The van der Waals surface area contributed by atoms with Gasteiger partial charge in [0.05, 0.1) is 23.5 Å². The molecule has 0 spiro atoms. The maximum Gasteiger partial charge on any atom is 0.326 e. The molecule has 0 heterocycles. The highest BCUT2D eigenvalue weighted by atomic mass is 32.2. The molecule has 3 amide bonds. The number of benzene rings is 4. The van der Waals surface area contributed by atoms with Crippen LogP contribution in [0.15, 0.2) is 95.9 Å². The molecule has 5 rings (SSSR count). The summed E-state index contributed by atoms with van der Waals surface area (Å²) in [4.78, 5) is 38.9. The van der Waals surface area contributed by atoms with Crippen molar-refractivity contribution in [1.82, 2.24) is 5.32 Å². The summed E-state index contributed by atoms with van der Waals surface area (Å²) in [5.74, 6) is -0.882. The molecule has 0 bridgehead atoms. The van der Waals surface area contributed by atoms with Gasteiger partial charge in [0, 0.05) is 23.5 Å². The van der Waals surface area contributed by atoms with Crippen LogP contribution < -0.4 is 20.3 Å². The minimum Gasteiger partial charge on any atom is -0.481 e. The minimum absolute atomic E-state index is 0.0187. The monoisotopic (exact) mass is 696 g/mol.